The van der Waals surface area contributed by atoms with Gasteiger partial charge in [-0.05, 0) is 24.7 Å². The minimum atomic E-state index is 0.382. The first kappa shape index (κ1) is 14.9. The minimum absolute atomic E-state index is 0.382. The Hall–Kier alpha value is -1.52. The molecule has 1 fully saturated rings. The van der Waals surface area contributed by atoms with Gasteiger partial charge in [-0.1, -0.05) is 26.7 Å². The first-order chi connectivity index (χ1) is 9.68. The van der Waals surface area contributed by atoms with Gasteiger partial charge in [-0.2, -0.15) is 0 Å². The zero-order valence-electron chi connectivity index (χ0n) is 12.8. The Morgan fingerprint density at radius 1 is 1.20 bits per heavy atom. The van der Waals surface area contributed by atoms with Gasteiger partial charge >= 0.3 is 0 Å². The molecule has 2 N–H and O–H groups in total. The third-order valence-corrected chi connectivity index (χ3v) is 4.04. The molecule has 1 saturated carbocycles. The van der Waals surface area contributed by atoms with Crippen molar-refractivity contribution in [3.8, 4) is 5.75 Å². The zero-order chi connectivity index (χ0) is 14.4. The van der Waals surface area contributed by atoms with Gasteiger partial charge in [-0.3, -0.25) is 0 Å². The number of aromatic nitrogens is 2. The van der Waals surface area contributed by atoms with E-state index < -0.39 is 0 Å². The molecule has 112 valence electrons. The van der Waals surface area contributed by atoms with Gasteiger partial charge in [0.2, 0.25) is 5.75 Å². The van der Waals surface area contributed by atoms with Crippen LogP contribution in [-0.2, 0) is 0 Å². The molecular weight excluding hydrogens is 252 g/mol. The van der Waals surface area contributed by atoms with E-state index in [1.54, 1.807) is 13.4 Å². The Labute approximate surface area is 121 Å². The third kappa shape index (κ3) is 3.52. The van der Waals surface area contributed by atoms with E-state index in [0.717, 1.165) is 31.1 Å². The van der Waals surface area contributed by atoms with Gasteiger partial charge in [-0.25, -0.2) is 9.97 Å². The Morgan fingerprint density at radius 2 is 1.85 bits per heavy atom. The fraction of sp³-hybridized carbons (Fsp3) is 0.733. The van der Waals surface area contributed by atoms with Crippen LogP contribution >= 0.6 is 0 Å². The number of hydrogen-bond acceptors (Lipinski definition) is 5. The molecule has 1 aliphatic carbocycles. The molecule has 0 spiro atoms. The molecule has 20 heavy (non-hydrogen) atoms. The molecule has 5 heteroatoms. The third-order valence-electron chi connectivity index (χ3n) is 4.04. The number of methoxy groups -OCH3 is 1. The van der Waals surface area contributed by atoms with E-state index in [0.29, 0.717) is 11.2 Å². The summed E-state index contributed by atoms with van der Waals surface area (Å²) in [6.45, 7) is 6.29. The van der Waals surface area contributed by atoms with Crippen LogP contribution in [0, 0.1) is 5.41 Å². The van der Waals surface area contributed by atoms with Gasteiger partial charge in [0.05, 0.1) is 7.11 Å². The molecule has 0 aromatic carbocycles. The number of nitrogens with zero attached hydrogens (tertiary/aromatic N) is 2. The summed E-state index contributed by atoms with van der Waals surface area (Å²) < 4.78 is 5.47. The van der Waals surface area contributed by atoms with E-state index in [9.17, 15) is 0 Å². The van der Waals surface area contributed by atoms with E-state index in [2.05, 4.69) is 34.4 Å². The highest BCUT2D eigenvalue weighted by molar-refractivity contribution is 5.63. The van der Waals surface area contributed by atoms with Crippen LogP contribution in [-0.4, -0.2) is 30.2 Å². The lowest BCUT2D eigenvalue weighted by atomic mass is 9.89. The number of rotatable bonds is 7. The van der Waals surface area contributed by atoms with Crippen molar-refractivity contribution in [2.75, 3.05) is 30.8 Å². The van der Waals surface area contributed by atoms with Crippen LogP contribution in [0.3, 0.4) is 0 Å². The zero-order valence-corrected chi connectivity index (χ0v) is 12.8. The average Bonchev–Trinajstić information content (AvgIpc) is 2.90. The summed E-state index contributed by atoms with van der Waals surface area (Å²) >= 11 is 0. The van der Waals surface area contributed by atoms with E-state index in [-0.39, 0.29) is 0 Å². The smallest absolute Gasteiger partial charge is 0.204 e. The SMILES string of the molecule is CCCNc1ncnc(NCC2(C)CCCC2)c1OC. The Kier molecular flexibility index (Phi) is 5.04. The second kappa shape index (κ2) is 6.77. The normalized spacial score (nSPS) is 16.9. The molecule has 1 heterocycles. The molecule has 1 aromatic heterocycles. The lowest BCUT2D eigenvalue weighted by Gasteiger charge is -2.24. The minimum Gasteiger partial charge on any atom is -0.490 e. The lowest BCUT2D eigenvalue weighted by Crippen LogP contribution is -2.23. The standard InChI is InChI=1S/C15H26N4O/c1-4-9-16-13-12(20-3)14(19-11-18-13)17-10-15(2)7-5-6-8-15/h11H,4-10H2,1-3H3,(H2,16,17,18,19). The number of anilines is 2. The van der Waals surface area contributed by atoms with Crippen molar-refractivity contribution in [3.05, 3.63) is 6.33 Å². The van der Waals surface area contributed by atoms with Crippen molar-refractivity contribution in [2.24, 2.45) is 5.41 Å². The fourth-order valence-corrected chi connectivity index (χ4v) is 2.76. The summed E-state index contributed by atoms with van der Waals surface area (Å²) in [5.41, 5.74) is 0.382. The van der Waals surface area contributed by atoms with Crippen molar-refractivity contribution >= 4 is 11.6 Å². The highest BCUT2D eigenvalue weighted by Crippen LogP contribution is 2.38. The maximum Gasteiger partial charge on any atom is 0.204 e. The molecule has 0 saturated heterocycles. The molecule has 5 nitrogen and oxygen atoms in total. The average molecular weight is 278 g/mol. The fourth-order valence-electron chi connectivity index (χ4n) is 2.76. The molecule has 0 radical (unpaired) electrons. The van der Waals surface area contributed by atoms with Gasteiger partial charge < -0.3 is 15.4 Å². The van der Waals surface area contributed by atoms with Gasteiger partial charge in [0.15, 0.2) is 11.6 Å². The number of hydrogen-bond donors (Lipinski definition) is 2. The molecule has 0 atom stereocenters. The predicted molar refractivity (Wildman–Crippen MR) is 82.4 cm³/mol. The highest BCUT2D eigenvalue weighted by atomic mass is 16.5. The van der Waals surface area contributed by atoms with Crippen molar-refractivity contribution in [3.63, 3.8) is 0 Å². The van der Waals surface area contributed by atoms with Gasteiger partial charge in [-0.15, -0.1) is 0 Å². The first-order valence-electron chi connectivity index (χ1n) is 7.55. The van der Waals surface area contributed by atoms with E-state index >= 15 is 0 Å². The van der Waals surface area contributed by atoms with Crippen LogP contribution in [0.25, 0.3) is 0 Å². The molecule has 0 aliphatic heterocycles. The quantitative estimate of drug-likeness (QED) is 0.801. The van der Waals surface area contributed by atoms with Crippen molar-refractivity contribution < 1.29 is 4.74 Å². The molecular formula is C15H26N4O. The van der Waals surface area contributed by atoms with Crippen LogP contribution in [0.2, 0.25) is 0 Å². The summed E-state index contributed by atoms with van der Waals surface area (Å²) in [5, 5.41) is 6.72. The van der Waals surface area contributed by atoms with E-state index in [4.69, 9.17) is 4.74 Å². The largest absolute Gasteiger partial charge is 0.490 e. The molecule has 0 amide bonds. The molecule has 0 bridgehead atoms. The van der Waals surface area contributed by atoms with Crippen LogP contribution in [0.5, 0.6) is 5.75 Å². The van der Waals surface area contributed by atoms with Crippen LogP contribution in [0.4, 0.5) is 11.6 Å². The van der Waals surface area contributed by atoms with E-state index in [1.807, 2.05) is 0 Å². The second-order valence-corrected chi connectivity index (χ2v) is 5.90. The van der Waals surface area contributed by atoms with Crippen molar-refractivity contribution in [1.29, 1.82) is 0 Å². The summed E-state index contributed by atoms with van der Waals surface area (Å²) in [4.78, 5) is 8.58. The second-order valence-electron chi connectivity index (χ2n) is 5.90. The summed E-state index contributed by atoms with van der Waals surface area (Å²) in [6, 6.07) is 0. The monoisotopic (exact) mass is 278 g/mol. The van der Waals surface area contributed by atoms with Crippen LogP contribution in [0.1, 0.15) is 46.0 Å². The van der Waals surface area contributed by atoms with Crippen molar-refractivity contribution in [1.82, 2.24) is 9.97 Å². The molecule has 1 aromatic rings. The molecule has 0 unspecified atom stereocenters. The van der Waals surface area contributed by atoms with Crippen molar-refractivity contribution in [2.45, 2.75) is 46.0 Å². The van der Waals surface area contributed by atoms with E-state index in [1.165, 1.54) is 25.7 Å². The molecule has 2 rings (SSSR count). The van der Waals surface area contributed by atoms with Gasteiger partial charge in [0.1, 0.15) is 6.33 Å². The topological polar surface area (TPSA) is 59.1 Å². The predicted octanol–water partition coefficient (Wildman–Crippen LogP) is 3.30. The first-order valence-corrected chi connectivity index (χ1v) is 7.55. The van der Waals surface area contributed by atoms with Gasteiger partial charge in [0.25, 0.3) is 0 Å². The van der Waals surface area contributed by atoms with Crippen LogP contribution < -0.4 is 15.4 Å². The van der Waals surface area contributed by atoms with Crippen LogP contribution in [0.15, 0.2) is 6.33 Å². The molecule has 1 aliphatic rings. The van der Waals surface area contributed by atoms with Gasteiger partial charge in [0, 0.05) is 13.1 Å². The maximum absolute atomic E-state index is 5.47. The number of nitrogens with one attached hydrogen (secondary N) is 2. The summed E-state index contributed by atoms with van der Waals surface area (Å²) in [7, 11) is 1.66. The number of ether oxygens (including phenoxy) is 1. The maximum atomic E-state index is 5.47. The Balaban J connectivity index is 2.06. The Bertz CT molecular complexity index is 430. The Morgan fingerprint density at radius 3 is 2.45 bits per heavy atom. The highest BCUT2D eigenvalue weighted by Gasteiger charge is 2.28. The summed E-state index contributed by atoms with van der Waals surface area (Å²) in [5.74, 6) is 2.26. The summed E-state index contributed by atoms with van der Waals surface area (Å²) in [6.07, 6.45) is 7.88. The lowest BCUT2D eigenvalue weighted by molar-refractivity contribution is 0.359.